The Balaban J connectivity index is 3.64. The number of hydrogen-bond acceptors (Lipinski definition) is 4. The largest absolute Gasteiger partial charge is 0.435 e. The van der Waals surface area contributed by atoms with Crippen LogP contribution in [0.2, 0.25) is 10.0 Å². The first kappa shape index (κ1) is 22.4. The van der Waals surface area contributed by atoms with Gasteiger partial charge in [0.2, 0.25) is 0 Å². The highest BCUT2D eigenvalue weighted by Crippen LogP contribution is 2.54. The summed E-state index contributed by atoms with van der Waals surface area (Å²) in [6.07, 6.45) is -12.8. The van der Waals surface area contributed by atoms with Crippen molar-refractivity contribution in [2.75, 3.05) is 5.32 Å². The number of allylic oxidation sites excluding steroid dienone is 2. The average molecular weight is 431 g/mol. The lowest BCUT2D eigenvalue weighted by Gasteiger charge is -2.30. The van der Waals surface area contributed by atoms with E-state index in [-0.39, 0.29) is 12.1 Å². The molecule has 0 atom stereocenters. The molecule has 0 amide bonds. The number of nitrogens with one attached hydrogen (secondary N) is 1. The lowest BCUT2D eigenvalue weighted by atomic mass is 9.94. The Labute approximate surface area is 156 Å². The van der Waals surface area contributed by atoms with Crippen molar-refractivity contribution >= 4 is 28.9 Å². The minimum atomic E-state index is -6.38. The van der Waals surface area contributed by atoms with Gasteiger partial charge >= 0.3 is 18.0 Å². The summed E-state index contributed by atoms with van der Waals surface area (Å²) >= 11 is 11.2. The van der Waals surface area contributed by atoms with E-state index in [2.05, 4.69) is 0 Å². The van der Waals surface area contributed by atoms with Crippen molar-refractivity contribution in [1.82, 2.24) is 0 Å². The zero-order valence-corrected chi connectivity index (χ0v) is 13.9. The molecule has 13 heteroatoms. The molecule has 0 fully saturated rings. The van der Waals surface area contributed by atoms with Gasteiger partial charge in [-0.05, 0) is 12.1 Å². The first-order valence-electron chi connectivity index (χ1n) is 6.28. The van der Waals surface area contributed by atoms with Gasteiger partial charge in [-0.15, -0.1) is 0 Å². The third kappa shape index (κ3) is 4.02. The lowest BCUT2D eigenvalue weighted by molar-refractivity contribution is -0.348. The second kappa shape index (κ2) is 7.51. The van der Waals surface area contributed by atoms with Gasteiger partial charge in [-0.25, -0.2) is 4.39 Å². The molecule has 0 bridgehead atoms. The van der Waals surface area contributed by atoms with E-state index in [1.807, 2.05) is 5.32 Å². The van der Waals surface area contributed by atoms with Crippen molar-refractivity contribution in [1.29, 1.82) is 15.8 Å². The fourth-order valence-electron chi connectivity index (χ4n) is 1.79. The topological polar surface area (TPSA) is 83.4 Å². The Morgan fingerprint density at radius 1 is 0.815 bits per heavy atom. The van der Waals surface area contributed by atoms with Gasteiger partial charge in [0.1, 0.15) is 23.9 Å². The van der Waals surface area contributed by atoms with E-state index in [1.54, 1.807) is 0 Å². The molecule has 0 saturated heterocycles. The zero-order valence-electron chi connectivity index (χ0n) is 12.4. The van der Waals surface area contributed by atoms with Crippen molar-refractivity contribution in [3.05, 3.63) is 39.0 Å². The van der Waals surface area contributed by atoms with Crippen LogP contribution in [0.25, 0.3) is 0 Å². The van der Waals surface area contributed by atoms with E-state index in [0.717, 1.165) is 0 Å². The van der Waals surface area contributed by atoms with Crippen LogP contribution in [0, 0.1) is 34.0 Å². The molecule has 27 heavy (non-hydrogen) atoms. The van der Waals surface area contributed by atoms with Crippen LogP contribution in [0.5, 0.6) is 0 Å². The van der Waals surface area contributed by atoms with E-state index >= 15 is 0 Å². The smallest absolute Gasteiger partial charge is 0.343 e. The molecular weight excluding hydrogens is 428 g/mol. The summed E-state index contributed by atoms with van der Waals surface area (Å²) in [4.78, 5) is 0. The number of halogens is 9. The molecule has 0 radical (unpaired) electrons. The Kier molecular flexibility index (Phi) is 6.22. The van der Waals surface area contributed by atoms with Crippen LogP contribution < -0.4 is 5.32 Å². The molecule has 0 aliphatic heterocycles. The van der Waals surface area contributed by atoms with Crippen molar-refractivity contribution < 1.29 is 30.7 Å². The average Bonchev–Trinajstić information content (AvgIpc) is 2.54. The zero-order chi connectivity index (χ0) is 21.2. The predicted molar refractivity (Wildman–Crippen MR) is 78.8 cm³/mol. The molecular formula is C14H3Cl2F7N4. The third-order valence-electron chi connectivity index (χ3n) is 3.06. The van der Waals surface area contributed by atoms with Crippen LogP contribution in [0.15, 0.2) is 23.4 Å². The third-order valence-corrected chi connectivity index (χ3v) is 3.65. The fraction of sp³-hybridized carbons (Fsp3) is 0.214. The Morgan fingerprint density at radius 3 is 1.52 bits per heavy atom. The summed E-state index contributed by atoms with van der Waals surface area (Å²) in [6, 6.07) is 4.06. The first-order chi connectivity index (χ1) is 12.2. The van der Waals surface area contributed by atoms with Crippen LogP contribution in [-0.4, -0.2) is 12.4 Å². The molecule has 0 saturated carbocycles. The Hall–Kier alpha value is -2.68. The van der Waals surface area contributed by atoms with Gasteiger partial charge in [0, 0.05) is 5.56 Å². The van der Waals surface area contributed by atoms with E-state index in [0.29, 0.717) is 0 Å². The molecule has 0 aliphatic rings. The summed E-state index contributed by atoms with van der Waals surface area (Å²) in [6.45, 7) is 0. The highest BCUT2D eigenvalue weighted by Gasteiger charge is 2.73. The number of anilines is 1. The quantitative estimate of drug-likeness (QED) is 0.505. The normalized spacial score (nSPS) is 11.8. The van der Waals surface area contributed by atoms with Crippen molar-refractivity contribution in [2.24, 2.45) is 0 Å². The summed E-state index contributed by atoms with van der Waals surface area (Å²) < 4.78 is 90.8. The van der Waals surface area contributed by atoms with Gasteiger partial charge in [0.05, 0.1) is 15.7 Å². The molecule has 0 heterocycles. The molecule has 0 spiro atoms. The molecule has 1 aromatic rings. The van der Waals surface area contributed by atoms with Gasteiger partial charge in [-0.2, -0.15) is 42.1 Å². The van der Waals surface area contributed by atoms with Crippen molar-refractivity contribution in [2.45, 2.75) is 18.0 Å². The van der Waals surface area contributed by atoms with Crippen LogP contribution in [0.1, 0.15) is 5.56 Å². The number of hydrogen-bond donors (Lipinski definition) is 1. The predicted octanol–water partition coefficient (Wildman–Crippen LogP) is 5.52. The lowest BCUT2D eigenvalue weighted by Crippen LogP contribution is -2.50. The van der Waals surface area contributed by atoms with Crippen LogP contribution in [0.4, 0.5) is 36.4 Å². The maximum Gasteiger partial charge on any atom is 0.435 e. The molecule has 0 aromatic heterocycles. The maximum atomic E-state index is 14.1. The van der Waals surface area contributed by atoms with Crippen molar-refractivity contribution in [3.63, 3.8) is 0 Å². The minimum absolute atomic E-state index is 0.0180. The SMILES string of the molecule is N#CC(C#N)=C(C#N)Nc1c(Cl)cc(C(F)(C(F)(F)F)C(F)(F)F)cc1Cl. The molecule has 1 N–H and O–H groups in total. The van der Waals surface area contributed by atoms with Gasteiger partial charge in [-0.3, -0.25) is 0 Å². The van der Waals surface area contributed by atoms with Crippen molar-refractivity contribution in [3.8, 4) is 18.2 Å². The second-order valence-electron chi connectivity index (χ2n) is 4.68. The van der Waals surface area contributed by atoms with Gasteiger partial charge < -0.3 is 5.32 Å². The molecule has 1 rings (SSSR count). The van der Waals surface area contributed by atoms with Crippen LogP contribution in [0.3, 0.4) is 0 Å². The number of rotatable bonds is 3. The van der Waals surface area contributed by atoms with E-state index in [1.165, 1.54) is 18.2 Å². The van der Waals surface area contributed by atoms with Crippen LogP contribution >= 0.6 is 23.2 Å². The molecule has 1 aromatic carbocycles. The minimum Gasteiger partial charge on any atom is -0.343 e. The van der Waals surface area contributed by atoms with E-state index in [4.69, 9.17) is 39.0 Å². The monoisotopic (exact) mass is 430 g/mol. The molecule has 142 valence electrons. The maximum absolute atomic E-state index is 14.1. The Bertz CT molecular complexity index is 861. The van der Waals surface area contributed by atoms with Gasteiger partial charge in [0.15, 0.2) is 5.57 Å². The highest BCUT2D eigenvalue weighted by molar-refractivity contribution is 6.39. The summed E-state index contributed by atoms with van der Waals surface area (Å²) in [5.41, 5.74) is -9.79. The number of nitriles is 3. The highest BCUT2D eigenvalue weighted by atomic mass is 35.5. The first-order valence-corrected chi connectivity index (χ1v) is 7.03. The number of nitrogens with zero attached hydrogens (tertiary/aromatic N) is 3. The van der Waals surface area contributed by atoms with Crippen LogP contribution in [-0.2, 0) is 5.67 Å². The second-order valence-corrected chi connectivity index (χ2v) is 5.49. The summed E-state index contributed by atoms with van der Waals surface area (Å²) in [7, 11) is 0. The van der Waals surface area contributed by atoms with Gasteiger partial charge in [0.25, 0.3) is 0 Å². The molecule has 0 unspecified atom stereocenters. The van der Waals surface area contributed by atoms with Gasteiger partial charge in [-0.1, -0.05) is 23.2 Å². The fourth-order valence-corrected chi connectivity index (χ4v) is 2.37. The Morgan fingerprint density at radius 2 is 1.22 bits per heavy atom. The number of alkyl halides is 7. The standard InChI is InChI=1S/C14H3Cl2F7N4/c15-8-1-7(12(17,13(18,19)20)14(21,22)23)2-9(16)11(8)27-10(5-26)6(3-24)4-25/h1-2,27H. The van der Waals surface area contributed by atoms with E-state index in [9.17, 15) is 30.7 Å². The molecule has 0 aliphatic carbocycles. The summed E-state index contributed by atoms with van der Waals surface area (Å²) in [5.74, 6) is 0. The molecule has 4 nitrogen and oxygen atoms in total. The van der Waals surface area contributed by atoms with E-state index < -0.39 is 50.6 Å². The summed E-state index contributed by atoms with van der Waals surface area (Å²) in [5, 5.41) is 26.5. The number of benzene rings is 1.